The Kier molecular flexibility index (Phi) is 4.98. The number of fused-ring (bicyclic) bond motifs is 3. The van der Waals surface area contributed by atoms with Gasteiger partial charge in [0.15, 0.2) is 6.61 Å². The molecule has 0 bridgehead atoms. The molecule has 1 N–H and O–H groups in total. The van der Waals surface area contributed by atoms with Crippen LogP contribution in [0.1, 0.15) is 30.4 Å². The standard InChI is InChI=1S/C23H21NO4/c1-2-27-22(26)14-28-20-10-6-5-9-17(20)19-13-21(25)24-23-16-8-4-3-7-15(16)11-12-18(19)23/h3-12,19H,2,13-14H2,1H3,(H,24,25). The Morgan fingerprint density at radius 1 is 1.04 bits per heavy atom. The Hall–Kier alpha value is -3.34. The van der Waals surface area contributed by atoms with Crippen molar-refractivity contribution in [3.8, 4) is 5.75 Å². The van der Waals surface area contributed by atoms with Gasteiger partial charge in [-0.25, -0.2) is 4.79 Å². The summed E-state index contributed by atoms with van der Waals surface area (Å²) < 4.78 is 10.7. The number of ether oxygens (including phenoxy) is 2. The lowest BCUT2D eigenvalue weighted by Crippen LogP contribution is -2.24. The van der Waals surface area contributed by atoms with Crippen LogP contribution in [0.5, 0.6) is 5.75 Å². The summed E-state index contributed by atoms with van der Waals surface area (Å²) in [7, 11) is 0. The van der Waals surface area contributed by atoms with Crippen molar-refractivity contribution < 1.29 is 19.1 Å². The molecule has 1 amide bonds. The van der Waals surface area contributed by atoms with E-state index in [4.69, 9.17) is 9.47 Å². The average Bonchev–Trinajstić information content (AvgIpc) is 2.72. The molecule has 0 radical (unpaired) electrons. The van der Waals surface area contributed by atoms with E-state index in [1.54, 1.807) is 6.92 Å². The van der Waals surface area contributed by atoms with E-state index < -0.39 is 5.97 Å². The Morgan fingerprint density at radius 2 is 1.82 bits per heavy atom. The molecule has 0 aliphatic carbocycles. The molecular weight excluding hydrogens is 354 g/mol. The predicted octanol–water partition coefficient (Wildman–Crippen LogP) is 4.26. The van der Waals surface area contributed by atoms with Crippen LogP contribution < -0.4 is 10.1 Å². The fourth-order valence-electron chi connectivity index (χ4n) is 3.72. The summed E-state index contributed by atoms with van der Waals surface area (Å²) in [6.45, 7) is 1.91. The monoisotopic (exact) mass is 375 g/mol. The van der Waals surface area contributed by atoms with E-state index in [0.717, 1.165) is 27.6 Å². The molecule has 28 heavy (non-hydrogen) atoms. The topological polar surface area (TPSA) is 64.6 Å². The van der Waals surface area contributed by atoms with E-state index in [-0.39, 0.29) is 18.4 Å². The molecule has 1 heterocycles. The molecule has 0 fully saturated rings. The highest BCUT2D eigenvalue weighted by Gasteiger charge is 2.29. The summed E-state index contributed by atoms with van der Waals surface area (Å²) in [5.41, 5.74) is 2.78. The first-order valence-electron chi connectivity index (χ1n) is 9.36. The van der Waals surface area contributed by atoms with Crippen LogP contribution in [0, 0.1) is 0 Å². The molecule has 1 unspecified atom stereocenters. The smallest absolute Gasteiger partial charge is 0.344 e. The highest BCUT2D eigenvalue weighted by Crippen LogP contribution is 2.43. The maximum atomic E-state index is 12.5. The molecule has 0 saturated carbocycles. The van der Waals surface area contributed by atoms with Gasteiger partial charge in [-0.3, -0.25) is 4.79 Å². The first-order chi connectivity index (χ1) is 13.7. The summed E-state index contributed by atoms with van der Waals surface area (Å²) >= 11 is 0. The second kappa shape index (κ2) is 7.72. The third-order valence-electron chi connectivity index (χ3n) is 4.94. The Morgan fingerprint density at radius 3 is 2.68 bits per heavy atom. The van der Waals surface area contributed by atoms with Gasteiger partial charge in [-0.15, -0.1) is 0 Å². The zero-order valence-corrected chi connectivity index (χ0v) is 15.6. The van der Waals surface area contributed by atoms with Crippen LogP contribution in [0.15, 0.2) is 60.7 Å². The maximum absolute atomic E-state index is 12.5. The van der Waals surface area contributed by atoms with Gasteiger partial charge in [-0.1, -0.05) is 54.6 Å². The Bertz CT molecular complexity index is 1040. The molecule has 0 aromatic heterocycles. The number of anilines is 1. The van der Waals surface area contributed by atoms with E-state index >= 15 is 0 Å². The minimum atomic E-state index is -0.412. The van der Waals surface area contributed by atoms with Crippen LogP contribution in [0.25, 0.3) is 10.8 Å². The molecule has 4 rings (SSSR count). The molecule has 1 aliphatic rings. The number of hydrogen-bond donors (Lipinski definition) is 1. The number of carbonyl (C=O) groups excluding carboxylic acids is 2. The molecule has 3 aromatic rings. The van der Waals surface area contributed by atoms with Crippen LogP contribution in [0.2, 0.25) is 0 Å². The lowest BCUT2D eigenvalue weighted by Gasteiger charge is -2.28. The molecule has 5 heteroatoms. The summed E-state index contributed by atoms with van der Waals surface area (Å²) in [6, 6.07) is 19.7. The Balaban J connectivity index is 1.74. The van der Waals surface area contributed by atoms with Gasteiger partial charge in [0.2, 0.25) is 5.91 Å². The molecule has 0 spiro atoms. The van der Waals surface area contributed by atoms with E-state index in [1.165, 1.54) is 0 Å². The van der Waals surface area contributed by atoms with Gasteiger partial charge in [0.1, 0.15) is 5.75 Å². The molecule has 0 saturated heterocycles. The zero-order chi connectivity index (χ0) is 19.5. The normalized spacial score (nSPS) is 15.6. The Labute approximate surface area is 163 Å². The molecule has 1 atom stereocenters. The van der Waals surface area contributed by atoms with Gasteiger partial charge in [-0.2, -0.15) is 0 Å². The number of esters is 1. The number of carbonyl (C=O) groups is 2. The van der Waals surface area contributed by atoms with Crippen LogP contribution >= 0.6 is 0 Å². The number of rotatable bonds is 5. The third kappa shape index (κ3) is 3.43. The van der Waals surface area contributed by atoms with Crippen molar-refractivity contribution in [1.29, 1.82) is 0 Å². The van der Waals surface area contributed by atoms with Crippen molar-refractivity contribution in [1.82, 2.24) is 0 Å². The first kappa shape index (κ1) is 18.0. The average molecular weight is 375 g/mol. The molecule has 1 aliphatic heterocycles. The molecular formula is C23H21NO4. The number of nitrogens with one attached hydrogen (secondary N) is 1. The predicted molar refractivity (Wildman–Crippen MR) is 108 cm³/mol. The SMILES string of the molecule is CCOC(=O)COc1ccccc1C1CC(=O)Nc2c1ccc1ccccc21. The van der Waals surface area contributed by atoms with Gasteiger partial charge < -0.3 is 14.8 Å². The largest absolute Gasteiger partial charge is 0.482 e. The first-order valence-corrected chi connectivity index (χ1v) is 9.36. The van der Waals surface area contributed by atoms with Crippen molar-refractivity contribution in [2.24, 2.45) is 0 Å². The number of para-hydroxylation sites is 1. The quantitative estimate of drug-likeness (QED) is 0.677. The highest BCUT2D eigenvalue weighted by atomic mass is 16.6. The van der Waals surface area contributed by atoms with Gasteiger partial charge in [0.05, 0.1) is 12.3 Å². The maximum Gasteiger partial charge on any atom is 0.344 e. The van der Waals surface area contributed by atoms with E-state index in [9.17, 15) is 9.59 Å². The summed E-state index contributed by atoms with van der Waals surface area (Å²) in [5, 5.41) is 5.13. The fourth-order valence-corrected chi connectivity index (χ4v) is 3.72. The number of hydrogen-bond acceptors (Lipinski definition) is 4. The summed E-state index contributed by atoms with van der Waals surface area (Å²) in [6.07, 6.45) is 0.325. The number of amides is 1. The summed E-state index contributed by atoms with van der Waals surface area (Å²) in [4.78, 5) is 24.2. The number of benzene rings is 3. The minimum absolute atomic E-state index is 0.0333. The van der Waals surface area contributed by atoms with Crippen molar-refractivity contribution in [3.05, 3.63) is 71.8 Å². The van der Waals surface area contributed by atoms with Gasteiger partial charge in [-0.05, 0) is 23.9 Å². The van der Waals surface area contributed by atoms with Crippen molar-refractivity contribution in [2.75, 3.05) is 18.5 Å². The van der Waals surface area contributed by atoms with Crippen LogP contribution in [0.4, 0.5) is 5.69 Å². The molecule has 3 aromatic carbocycles. The van der Waals surface area contributed by atoms with Crippen molar-refractivity contribution in [2.45, 2.75) is 19.3 Å². The second-order valence-electron chi connectivity index (χ2n) is 6.69. The van der Waals surface area contributed by atoms with Gasteiger partial charge >= 0.3 is 5.97 Å². The van der Waals surface area contributed by atoms with E-state index in [0.29, 0.717) is 18.8 Å². The second-order valence-corrected chi connectivity index (χ2v) is 6.69. The van der Waals surface area contributed by atoms with Crippen molar-refractivity contribution in [3.63, 3.8) is 0 Å². The zero-order valence-electron chi connectivity index (χ0n) is 15.6. The lowest BCUT2D eigenvalue weighted by molar-refractivity contribution is -0.145. The van der Waals surface area contributed by atoms with E-state index in [1.807, 2.05) is 48.5 Å². The lowest BCUT2D eigenvalue weighted by atomic mass is 9.83. The molecule has 142 valence electrons. The highest BCUT2D eigenvalue weighted by molar-refractivity contribution is 6.06. The molecule has 5 nitrogen and oxygen atoms in total. The van der Waals surface area contributed by atoms with Crippen LogP contribution in [-0.2, 0) is 14.3 Å². The third-order valence-corrected chi connectivity index (χ3v) is 4.94. The minimum Gasteiger partial charge on any atom is -0.482 e. The van der Waals surface area contributed by atoms with Gasteiger partial charge in [0.25, 0.3) is 0 Å². The van der Waals surface area contributed by atoms with Gasteiger partial charge in [0, 0.05) is 23.3 Å². The fraction of sp³-hybridized carbons (Fsp3) is 0.217. The van der Waals surface area contributed by atoms with Crippen LogP contribution in [-0.4, -0.2) is 25.1 Å². The van der Waals surface area contributed by atoms with E-state index in [2.05, 4.69) is 17.4 Å². The van der Waals surface area contributed by atoms with Crippen molar-refractivity contribution >= 4 is 28.3 Å². The van der Waals surface area contributed by atoms with Crippen LogP contribution in [0.3, 0.4) is 0 Å². The summed E-state index contributed by atoms with van der Waals surface area (Å²) in [5.74, 6) is 0.000228.